The van der Waals surface area contributed by atoms with E-state index < -0.39 is 0 Å². The Morgan fingerprint density at radius 2 is 2.00 bits per heavy atom. The molecule has 0 spiro atoms. The number of hydrogen-bond donors (Lipinski definition) is 1. The van der Waals surface area contributed by atoms with E-state index in [1.54, 1.807) is 12.4 Å². The van der Waals surface area contributed by atoms with Crippen LogP contribution in [0.25, 0.3) is 0 Å². The second kappa shape index (κ2) is 5.64. The molecular weight excluding hydrogens is 200 g/mol. The number of nitrogens with one attached hydrogen (secondary N) is 1. The second-order valence-corrected chi connectivity index (χ2v) is 4.49. The van der Waals surface area contributed by atoms with Crippen molar-refractivity contribution in [2.75, 3.05) is 0 Å². The van der Waals surface area contributed by atoms with Crippen molar-refractivity contribution in [2.45, 2.75) is 38.6 Å². The maximum absolute atomic E-state index is 11.6. The molecule has 1 aliphatic carbocycles. The van der Waals surface area contributed by atoms with Crippen LogP contribution >= 0.6 is 0 Å². The summed E-state index contributed by atoms with van der Waals surface area (Å²) in [5.41, 5.74) is 1.11. The van der Waals surface area contributed by atoms with Crippen LogP contribution in [0.2, 0.25) is 0 Å². The Kier molecular flexibility index (Phi) is 3.91. The van der Waals surface area contributed by atoms with E-state index in [9.17, 15) is 4.79 Å². The molecule has 1 N–H and O–H groups in total. The smallest absolute Gasteiger partial charge is 0.220 e. The van der Waals surface area contributed by atoms with Gasteiger partial charge >= 0.3 is 0 Å². The number of carbonyl (C=O) groups is 1. The van der Waals surface area contributed by atoms with Crippen LogP contribution in [0.5, 0.6) is 0 Å². The van der Waals surface area contributed by atoms with Gasteiger partial charge in [-0.2, -0.15) is 0 Å². The summed E-state index contributed by atoms with van der Waals surface area (Å²) in [6.45, 7) is 0.619. The maximum Gasteiger partial charge on any atom is 0.220 e. The van der Waals surface area contributed by atoms with E-state index in [-0.39, 0.29) is 5.91 Å². The molecule has 0 unspecified atom stereocenters. The highest BCUT2D eigenvalue weighted by Crippen LogP contribution is 2.27. The highest BCUT2D eigenvalue weighted by molar-refractivity contribution is 5.76. The SMILES string of the molecule is O=C(CC1CCCC1)NCc1ccncc1. The van der Waals surface area contributed by atoms with Gasteiger partial charge in [0.25, 0.3) is 0 Å². The molecule has 0 radical (unpaired) electrons. The predicted octanol–water partition coefficient (Wildman–Crippen LogP) is 2.28. The lowest BCUT2D eigenvalue weighted by Crippen LogP contribution is -2.24. The first-order valence-corrected chi connectivity index (χ1v) is 6.00. The van der Waals surface area contributed by atoms with Gasteiger partial charge in [0, 0.05) is 25.4 Å². The average Bonchev–Trinajstić information content (AvgIpc) is 2.81. The third-order valence-corrected chi connectivity index (χ3v) is 3.19. The molecule has 3 heteroatoms. The normalized spacial score (nSPS) is 16.2. The van der Waals surface area contributed by atoms with Gasteiger partial charge in [0.05, 0.1) is 0 Å². The van der Waals surface area contributed by atoms with Crippen LogP contribution in [-0.2, 0) is 11.3 Å². The van der Waals surface area contributed by atoms with Crippen LogP contribution < -0.4 is 5.32 Å². The predicted molar refractivity (Wildman–Crippen MR) is 62.7 cm³/mol. The first kappa shape index (κ1) is 11.1. The number of hydrogen-bond acceptors (Lipinski definition) is 2. The van der Waals surface area contributed by atoms with Gasteiger partial charge in [-0.15, -0.1) is 0 Å². The monoisotopic (exact) mass is 218 g/mol. The van der Waals surface area contributed by atoms with Crippen LogP contribution in [0.1, 0.15) is 37.7 Å². The van der Waals surface area contributed by atoms with E-state index in [0.717, 1.165) is 5.56 Å². The summed E-state index contributed by atoms with van der Waals surface area (Å²) in [4.78, 5) is 15.6. The van der Waals surface area contributed by atoms with Crippen molar-refractivity contribution in [3.8, 4) is 0 Å². The van der Waals surface area contributed by atoms with Gasteiger partial charge < -0.3 is 5.32 Å². The summed E-state index contributed by atoms with van der Waals surface area (Å²) in [7, 11) is 0. The van der Waals surface area contributed by atoms with E-state index in [0.29, 0.717) is 18.9 Å². The summed E-state index contributed by atoms with van der Waals surface area (Å²) in [6.07, 6.45) is 9.23. The van der Waals surface area contributed by atoms with Crippen LogP contribution in [0.3, 0.4) is 0 Å². The molecule has 0 bridgehead atoms. The molecule has 1 saturated carbocycles. The van der Waals surface area contributed by atoms with Crippen LogP contribution in [0.4, 0.5) is 0 Å². The molecule has 3 nitrogen and oxygen atoms in total. The fourth-order valence-corrected chi connectivity index (χ4v) is 2.25. The van der Waals surface area contributed by atoms with Gasteiger partial charge in [-0.25, -0.2) is 0 Å². The van der Waals surface area contributed by atoms with E-state index in [4.69, 9.17) is 0 Å². The Morgan fingerprint density at radius 3 is 2.69 bits per heavy atom. The van der Waals surface area contributed by atoms with Crippen molar-refractivity contribution in [1.29, 1.82) is 0 Å². The van der Waals surface area contributed by atoms with E-state index in [1.165, 1.54) is 25.7 Å². The number of carbonyl (C=O) groups excluding carboxylic acids is 1. The van der Waals surface area contributed by atoms with Gasteiger partial charge in [0.1, 0.15) is 0 Å². The molecule has 0 aromatic carbocycles. The van der Waals surface area contributed by atoms with Crippen LogP contribution in [0.15, 0.2) is 24.5 Å². The lowest BCUT2D eigenvalue weighted by molar-refractivity contribution is -0.122. The summed E-state index contributed by atoms with van der Waals surface area (Å²) >= 11 is 0. The zero-order valence-corrected chi connectivity index (χ0v) is 9.48. The highest BCUT2D eigenvalue weighted by atomic mass is 16.1. The van der Waals surface area contributed by atoms with Crippen molar-refractivity contribution in [3.05, 3.63) is 30.1 Å². The molecule has 1 aromatic heterocycles. The van der Waals surface area contributed by atoms with Gasteiger partial charge in [0.15, 0.2) is 0 Å². The Morgan fingerprint density at radius 1 is 1.31 bits per heavy atom. The lowest BCUT2D eigenvalue weighted by atomic mass is 10.0. The maximum atomic E-state index is 11.6. The number of amides is 1. The molecule has 0 aliphatic heterocycles. The van der Waals surface area contributed by atoms with E-state index in [1.807, 2.05) is 12.1 Å². The number of nitrogens with zero attached hydrogens (tertiary/aromatic N) is 1. The van der Waals surface area contributed by atoms with Gasteiger partial charge in [0.2, 0.25) is 5.91 Å². The minimum absolute atomic E-state index is 0.184. The zero-order valence-electron chi connectivity index (χ0n) is 9.48. The number of aromatic nitrogens is 1. The Hall–Kier alpha value is -1.38. The quantitative estimate of drug-likeness (QED) is 0.842. The molecule has 16 heavy (non-hydrogen) atoms. The highest BCUT2D eigenvalue weighted by Gasteiger charge is 2.17. The molecule has 0 saturated heterocycles. The summed E-state index contributed by atoms with van der Waals surface area (Å²) in [6, 6.07) is 3.85. The Labute approximate surface area is 96.3 Å². The van der Waals surface area contributed by atoms with Crippen LogP contribution in [0, 0.1) is 5.92 Å². The van der Waals surface area contributed by atoms with Crippen molar-refractivity contribution in [2.24, 2.45) is 5.92 Å². The summed E-state index contributed by atoms with van der Waals surface area (Å²) in [5, 5.41) is 2.96. The number of pyridine rings is 1. The van der Waals surface area contributed by atoms with E-state index >= 15 is 0 Å². The first-order chi connectivity index (χ1) is 7.84. The molecule has 0 atom stereocenters. The molecule has 1 heterocycles. The third-order valence-electron chi connectivity index (χ3n) is 3.19. The molecule has 1 aromatic rings. The Bertz CT molecular complexity index is 331. The third kappa shape index (κ3) is 3.33. The molecule has 86 valence electrons. The minimum Gasteiger partial charge on any atom is -0.352 e. The molecule has 2 rings (SSSR count). The van der Waals surface area contributed by atoms with Crippen molar-refractivity contribution < 1.29 is 4.79 Å². The van der Waals surface area contributed by atoms with Gasteiger partial charge in [-0.1, -0.05) is 12.8 Å². The molecule has 1 aliphatic rings. The molecule has 1 amide bonds. The van der Waals surface area contributed by atoms with Crippen molar-refractivity contribution >= 4 is 5.91 Å². The largest absolute Gasteiger partial charge is 0.352 e. The van der Waals surface area contributed by atoms with Gasteiger partial charge in [-0.05, 0) is 36.5 Å². The lowest BCUT2D eigenvalue weighted by Gasteiger charge is -2.09. The topological polar surface area (TPSA) is 42.0 Å². The van der Waals surface area contributed by atoms with Crippen LogP contribution in [-0.4, -0.2) is 10.9 Å². The van der Waals surface area contributed by atoms with E-state index in [2.05, 4.69) is 10.3 Å². The van der Waals surface area contributed by atoms with Crippen molar-refractivity contribution in [1.82, 2.24) is 10.3 Å². The fourth-order valence-electron chi connectivity index (χ4n) is 2.25. The van der Waals surface area contributed by atoms with Gasteiger partial charge in [-0.3, -0.25) is 9.78 Å². The second-order valence-electron chi connectivity index (χ2n) is 4.49. The first-order valence-electron chi connectivity index (χ1n) is 6.00. The standard InChI is InChI=1S/C13H18N2O/c16-13(9-11-3-1-2-4-11)15-10-12-5-7-14-8-6-12/h5-8,11H,1-4,9-10H2,(H,15,16). The zero-order chi connectivity index (χ0) is 11.2. The Balaban J connectivity index is 1.71. The summed E-state index contributed by atoms with van der Waals surface area (Å²) < 4.78 is 0. The fraction of sp³-hybridized carbons (Fsp3) is 0.538. The average molecular weight is 218 g/mol. The minimum atomic E-state index is 0.184. The van der Waals surface area contributed by atoms with Crippen molar-refractivity contribution in [3.63, 3.8) is 0 Å². The molecular formula is C13H18N2O. The number of rotatable bonds is 4. The molecule has 1 fully saturated rings. The summed E-state index contributed by atoms with van der Waals surface area (Å²) in [5.74, 6) is 0.807.